The van der Waals surface area contributed by atoms with Gasteiger partial charge in [0.05, 0.1) is 11.2 Å². The minimum Gasteiger partial charge on any atom is -0.478 e. The first-order chi connectivity index (χ1) is 21.8. The van der Waals surface area contributed by atoms with Gasteiger partial charge in [-0.15, -0.1) is 0 Å². The lowest BCUT2D eigenvalue weighted by Gasteiger charge is -2.40. The predicted molar refractivity (Wildman–Crippen MR) is 173 cm³/mol. The fraction of sp³-hybridized carbons (Fsp3) is 0.343. The summed E-state index contributed by atoms with van der Waals surface area (Å²) in [4.78, 5) is 45.2. The fourth-order valence-electron chi connectivity index (χ4n) is 6.46. The van der Waals surface area contributed by atoms with Crippen molar-refractivity contribution >= 4 is 40.4 Å². The Morgan fingerprint density at radius 2 is 1.73 bits per heavy atom. The molecule has 2 aliphatic rings. The van der Waals surface area contributed by atoms with Crippen LogP contribution in [0.1, 0.15) is 72.5 Å². The van der Waals surface area contributed by atoms with Gasteiger partial charge in [0.1, 0.15) is 5.54 Å². The lowest BCUT2D eigenvalue weighted by Crippen LogP contribution is -2.61. The van der Waals surface area contributed by atoms with Crippen LogP contribution >= 0.6 is 0 Å². The van der Waals surface area contributed by atoms with E-state index in [1.165, 1.54) is 25.3 Å². The van der Waals surface area contributed by atoms with Crippen LogP contribution < -0.4 is 10.6 Å². The predicted octanol–water partition coefficient (Wildman–Crippen LogP) is 5.40. The van der Waals surface area contributed by atoms with E-state index in [9.17, 15) is 14.4 Å². The topological polar surface area (TPSA) is 129 Å². The molecule has 6 rings (SSSR count). The van der Waals surface area contributed by atoms with Gasteiger partial charge in [-0.1, -0.05) is 43.5 Å². The third-order valence-corrected chi connectivity index (χ3v) is 9.04. The number of piperidine rings is 1. The van der Waals surface area contributed by atoms with Gasteiger partial charge < -0.3 is 20.6 Å². The van der Waals surface area contributed by atoms with Crippen molar-refractivity contribution in [1.82, 2.24) is 25.0 Å². The third-order valence-electron chi connectivity index (χ3n) is 9.04. The number of likely N-dealkylation sites (tertiary alicyclic amines) is 1. The summed E-state index contributed by atoms with van der Waals surface area (Å²) in [5, 5.41) is 20.9. The second kappa shape index (κ2) is 13.0. The number of nitrogens with zero attached hydrogens (tertiary/aromatic N) is 4. The largest absolute Gasteiger partial charge is 0.478 e. The highest BCUT2D eigenvalue weighted by Crippen LogP contribution is 2.38. The minimum absolute atomic E-state index is 0.280. The number of benzene rings is 2. The van der Waals surface area contributed by atoms with Gasteiger partial charge >= 0.3 is 5.97 Å². The van der Waals surface area contributed by atoms with Crippen LogP contribution in [0, 0.1) is 0 Å². The number of aromatic nitrogens is 3. The number of carbonyl (C=O) groups excluding carboxylic acids is 2. The van der Waals surface area contributed by atoms with E-state index in [-0.39, 0.29) is 11.8 Å². The van der Waals surface area contributed by atoms with Crippen molar-refractivity contribution < 1.29 is 19.5 Å². The fourth-order valence-corrected chi connectivity index (χ4v) is 6.46. The van der Waals surface area contributed by atoms with Crippen LogP contribution in [0.15, 0.2) is 72.9 Å². The normalized spacial score (nSPS) is 17.4. The number of fused-ring (bicyclic) bond motifs is 1. The lowest BCUT2D eigenvalue weighted by atomic mass is 9.85. The average molecular weight is 607 g/mol. The molecule has 0 spiro atoms. The molecular formula is C35H38N6O4. The Kier molecular flexibility index (Phi) is 8.75. The molecule has 2 fully saturated rings. The standard InChI is InChI=1S/C35H38N6O4/c1-40-21-18-35(19-22-40,34(45)37-27-14-10-24(11-15-27)12-17-31(42)43)38-33(44)26-13-16-28-29(23-26)39-41(30-9-5-6-20-36-30)32(28)25-7-3-2-4-8-25/h5-6,9-17,20,23,25H,2-4,7-8,18-19,21-22H2,1H3,(H,37,45)(H,38,44)(H,42,43)/b17-12+. The Morgan fingerprint density at radius 1 is 0.978 bits per heavy atom. The maximum Gasteiger partial charge on any atom is 0.328 e. The quantitative estimate of drug-likeness (QED) is 0.229. The minimum atomic E-state index is -1.10. The van der Waals surface area contributed by atoms with Gasteiger partial charge in [-0.3, -0.25) is 9.59 Å². The number of carbonyl (C=O) groups is 3. The molecule has 45 heavy (non-hydrogen) atoms. The molecule has 3 N–H and O–H groups in total. The summed E-state index contributed by atoms with van der Waals surface area (Å²) in [6, 6.07) is 18.3. The molecule has 0 unspecified atom stereocenters. The summed E-state index contributed by atoms with van der Waals surface area (Å²) < 4.78 is 1.94. The second-order valence-electron chi connectivity index (χ2n) is 12.1. The SMILES string of the molecule is CN1CCC(NC(=O)c2ccc3c(C4CCCCC4)n(-c4ccccn4)nc3c2)(C(=O)Nc2ccc(/C=C/C(=O)O)cc2)CC1. The number of carboxylic acids is 1. The zero-order chi connectivity index (χ0) is 31.4. The van der Waals surface area contributed by atoms with E-state index in [4.69, 9.17) is 10.2 Å². The molecule has 1 saturated heterocycles. The van der Waals surface area contributed by atoms with Crippen molar-refractivity contribution in [2.75, 3.05) is 25.5 Å². The number of hydrogen-bond acceptors (Lipinski definition) is 6. The Morgan fingerprint density at radius 3 is 2.42 bits per heavy atom. The van der Waals surface area contributed by atoms with Crippen molar-refractivity contribution in [2.45, 2.75) is 56.4 Å². The van der Waals surface area contributed by atoms with E-state index in [1.807, 2.05) is 48.1 Å². The maximum absolute atomic E-state index is 13.8. The number of anilines is 1. The third kappa shape index (κ3) is 6.66. The van der Waals surface area contributed by atoms with Crippen molar-refractivity contribution in [3.8, 4) is 5.82 Å². The molecule has 10 nitrogen and oxygen atoms in total. The van der Waals surface area contributed by atoms with Gasteiger partial charge in [0, 0.05) is 47.9 Å². The van der Waals surface area contributed by atoms with Crippen molar-refractivity contribution in [3.05, 3.63) is 89.8 Å². The summed E-state index contributed by atoms with van der Waals surface area (Å²) >= 11 is 0. The average Bonchev–Trinajstić information content (AvgIpc) is 3.45. The van der Waals surface area contributed by atoms with E-state index in [2.05, 4.69) is 20.5 Å². The van der Waals surface area contributed by atoms with Gasteiger partial charge in [-0.2, -0.15) is 5.10 Å². The Balaban J connectivity index is 1.27. The van der Waals surface area contributed by atoms with Crippen LogP contribution in [-0.4, -0.2) is 68.2 Å². The number of hydrogen-bond donors (Lipinski definition) is 3. The smallest absolute Gasteiger partial charge is 0.328 e. The van der Waals surface area contributed by atoms with Gasteiger partial charge in [0.25, 0.3) is 5.91 Å². The van der Waals surface area contributed by atoms with Crippen molar-refractivity contribution in [1.29, 1.82) is 0 Å². The zero-order valence-electron chi connectivity index (χ0n) is 25.4. The number of aliphatic carboxylic acids is 1. The molecule has 3 heterocycles. The van der Waals surface area contributed by atoms with Gasteiger partial charge in [-0.05, 0) is 80.8 Å². The summed E-state index contributed by atoms with van der Waals surface area (Å²) in [7, 11) is 2.00. The van der Waals surface area contributed by atoms with Crippen LogP contribution in [0.25, 0.3) is 22.8 Å². The summed E-state index contributed by atoms with van der Waals surface area (Å²) in [5.74, 6) is -0.500. The second-order valence-corrected chi connectivity index (χ2v) is 12.1. The number of pyridine rings is 1. The molecule has 2 aromatic carbocycles. The molecule has 232 valence electrons. The van der Waals surface area contributed by atoms with Gasteiger partial charge in [0.15, 0.2) is 5.82 Å². The molecular weight excluding hydrogens is 568 g/mol. The van der Waals surface area contributed by atoms with Crippen molar-refractivity contribution in [2.24, 2.45) is 0 Å². The highest BCUT2D eigenvalue weighted by Gasteiger charge is 2.42. The monoisotopic (exact) mass is 606 g/mol. The molecule has 2 aromatic heterocycles. The lowest BCUT2D eigenvalue weighted by molar-refractivity contribution is -0.131. The van der Waals surface area contributed by atoms with Gasteiger partial charge in [-0.25, -0.2) is 14.5 Å². The first-order valence-corrected chi connectivity index (χ1v) is 15.6. The summed E-state index contributed by atoms with van der Waals surface area (Å²) in [6.07, 6.45) is 11.1. The molecule has 2 amide bonds. The molecule has 4 aromatic rings. The molecule has 10 heteroatoms. The molecule has 1 saturated carbocycles. The van der Waals surface area contributed by atoms with Crippen LogP contribution in [0.2, 0.25) is 0 Å². The number of carboxylic acid groups (broad SMARTS) is 1. The van der Waals surface area contributed by atoms with E-state index < -0.39 is 11.5 Å². The van der Waals surface area contributed by atoms with E-state index in [1.54, 1.807) is 30.5 Å². The van der Waals surface area contributed by atoms with Gasteiger partial charge in [0.2, 0.25) is 5.91 Å². The highest BCUT2D eigenvalue weighted by atomic mass is 16.4. The van der Waals surface area contributed by atoms with Crippen LogP contribution in [-0.2, 0) is 9.59 Å². The molecule has 1 aliphatic carbocycles. The summed E-state index contributed by atoms with van der Waals surface area (Å²) in [5.41, 5.74) is 2.49. The highest BCUT2D eigenvalue weighted by molar-refractivity contribution is 6.05. The van der Waals surface area contributed by atoms with E-state index in [0.717, 1.165) is 41.3 Å². The van der Waals surface area contributed by atoms with E-state index >= 15 is 0 Å². The van der Waals surface area contributed by atoms with Crippen molar-refractivity contribution in [3.63, 3.8) is 0 Å². The van der Waals surface area contributed by atoms with Crippen LogP contribution in [0.4, 0.5) is 5.69 Å². The van der Waals surface area contributed by atoms with E-state index in [0.29, 0.717) is 48.7 Å². The Labute approximate surface area is 262 Å². The van der Waals surface area contributed by atoms with Crippen LogP contribution in [0.5, 0.6) is 0 Å². The maximum atomic E-state index is 13.8. The number of nitrogens with one attached hydrogen (secondary N) is 2. The molecule has 0 radical (unpaired) electrons. The van der Waals surface area contributed by atoms with Crippen LogP contribution in [0.3, 0.4) is 0 Å². The molecule has 0 atom stereocenters. The Hall–Kier alpha value is -4.83. The zero-order valence-corrected chi connectivity index (χ0v) is 25.4. The first-order valence-electron chi connectivity index (χ1n) is 15.6. The molecule has 1 aliphatic heterocycles. The molecule has 0 bridgehead atoms. The number of amides is 2. The summed E-state index contributed by atoms with van der Waals surface area (Å²) in [6.45, 7) is 1.32. The first kappa shape index (κ1) is 30.2. The Bertz CT molecular complexity index is 1720. The number of rotatable bonds is 8.